The molecule has 1 unspecified atom stereocenters. The van der Waals surface area contributed by atoms with E-state index in [-0.39, 0.29) is 11.5 Å². The monoisotopic (exact) mass is 437 g/mol. The summed E-state index contributed by atoms with van der Waals surface area (Å²) in [6, 6.07) is 10.2. The molecule has 162 valence electrons. The number of phenolic OH excluding ortho intramolecular Hbond substituents is 1. The van der Waals surface area contributed by atoms with Gasteiger partial charge in [0.05, 0.1) is 28.1 Å². The number of aliphatic imine (C=N–C) groups is 1. The maximum Gasteiger partial charge on any atom is 0.179 e. The lowest BCUT2D eigenvalue weighted by Crippen LogP contribution is -2.35. The number of benzene rings is 2. The molecule has 0 spiro atoms. The normalized spacial score (nSPS) is 21.5. The van der Waals surface area contributed by atoms with Crippen LogP contribution >= 0.6 is 0 Å². The summed E-state index contributed by atoms with van der Waals surface area (Å²) in [5.74, 6) is 0.130. The molecule has 2 aliphatic heterocycles. The first-order valence-electron chi connectivity index (χ1n) is 10.2. The molecule has 2 aromatic rings. The second-order valence-corrected chi connectivity index (χ2v) is 10.7. The summed E-state index contributed by atoms with van der Waals surface area (Å²) in [6.07, 6.45) is 3.98. The van der Waals surface area contributed by atoms with Gasteiger partial charge in [-0.3, -0.25) is 4.99 Å². The zero-order chi connectivity index (χ0) is 22.4. The third kappa shape index (κ3) is 3.85. The van der Waals surface area contributed by atoms with Crippen LogP contribution in [0.1, 0.15) is 44.4 Å². The number of nitrogens with one attached hydrogen (secondary N) is 2. The molecular weight excluding hydrogens is 410 g/mol. The molecule has 0 amide bonds. The maximum atomic E-state index is 13.5. The van der Waals surface area contributed by atoms with Crippen LogP contribution in [-0.4, -0.2) is 25.5 Å². The van der Waals surface area contributed by atoms with Crippen LogP contribution in [0.25, 0.3) is 6.08 Å². The van der Waals surface area contributed by atoms with Gasteiger partial charge in [0, 0.05) is 11.9 Å². The van der Waals surface area contributed by atoms with E-state index < -0.39 is 21.3 Å². The molecule has 3 N–H and O–H groups in total. The molecular formula is C24H27N3O3S. The topological polar surface area (TPSA) is 90.8 Å². The van der Waals surface area contributed by atoms with Crippen molar-refractivity contribution in [2.24, 2.45) is 10.4 Å². The van der Waals surface area contributed by atoms with E-state index in [2.05, 4.69) is 22.2 Å². The van der Waals surface area contributed by atoms with Gasteiger partial charge in [0.1, 0.15) is 11.4 Å². The first-order chi connectivity index (χ1) is 14.6. The first kappa shape index (κ1) is 21.2. The van der Waals surface area contributed by atoms with E-state index in [0.29, 0.717) is 28.4 Å². The van der Waals surface area contributed by atoms with Crippen molar-refractivity contribution in [3.05, 3.63) is 64.7 Å². The Morgan fingerprint density at radius 1 is 1.26 bits per heavy atom. The fourth-order valence-corrected chi connectivity index (χ4v) is 6.77. The van der Waals surface area contributed by atoms with Gasteiger partial charge >= 0.3 is 0 Å². The average Bonchev–Trinajstić information content (AvgIpc) is 2.85. The molecule has 6 nitrogen and oxygen atoms in total. The van der Waals surface area contributed by atoms with E-state index >= 15 is 0 Å². The number of para-hydroxylation sites is 1. The summed E-state index contributed by atoms with van der Waals surface area (Å²) < 4.78 is 27.0. The summed E-state index contributed by atoms with van der Waals surface area (Å²) in [5, 5.41) is 17.1. The van der Waals surface area contributed by atoms with Gasteiger partial charge in [-0.15, -0.1) is 0 Å². The number of hydrogen-bond donors (Lipinski definition) is 3. The Kier molecular flexibility index (Phi) is 5.17. The fourth-order valence-electron chi connectivity index (χ4n) is 4.43. The second-order valence-electron chi connectivity index (χ2n) is 8.75. The predicted octanol–water partition coefficient (Wildman–Crippen LogP) is 5.39. The van der Waals surface area contributed by atoms with Gasteiger partial charge in [-0.1, -0.05) is 38.6 Å². The highest BCUT2D eigenvalue weighted by Gasteiger charge is 2.43. The third-order valence-corrected chi connectivity index (χ3v) is 7.94. The van der Waals surface area contributed by atoms with Gasteiger partial charge in [0.25, 0.3) is 0 Å². The van der Waals surface area contributed by atoms with Gasteiger partial charge in [0.15, 0.2) is 9.84 Å². The van der Waals surface area contributed by atoms with Crippen molar-refractivity contribution >= 4 is 39.2 Å². The molecule has 2 aliphatic rings. The molecule has 31 heavy (non-hydrogen) atoms. The number of nitrogens with zero attached hydrogens (tertiary/aromatic N) is 1. The highest BCUT2D eigenvalue weighted by Crippen LogP contribution is 2.48. The lowest BCUT2D eigenvalue weighted by Gasteiger charge is -2.34. The van der Waals surface area contributed by atoms with Crippen LogP contribution in [0, 0.1) is 5.41 Å². The Labute approximate surface area is 183 Å². The predicted molar refractivity (Wildman–Crippen MR) is 128 cm³/mol. The summed E-state index contributed by atoms with van der Waals surface area (Å²) in [5.41, 5.74) is 3.71. The number of hydrogen-bond acceptors (Lipinski definition) is 6. The summed E-state index contributed by atoms with van der Waals surface area (Å²) in [7, 11) is -3.56. The maximum absolute atomic E-state index is 13.5. The molecule has 0 saturated carbocycles. The molecule has 0 bridgehead atoms. The molecule has 0 saturated heterocycles. The van der Waals surface area contributed by atoms with Crippen LogP contribution in [0.2, 0.25) is 0 Å². The minimum Gasteiger partial charge on any atom is -0.506 e. The average molecular weight is 438 g/mol. The minimum absolute atomic E-state index is 0.0630. The van der Waals surface area contributed by atoms with Crippen LogP contribution in [0.3, 0.4) is 0 Å². The van der Waals surface area contributed by atoms with Gasteiger partial charge in [-0.05, 0) is 54.2 Å². The standard InChI is InChI=1S/C24H27N3O3S/c1-5-15-12-16(10-11-17(15)25-6-2)21-23-19(13-24(3,4)14-31(23,29)30)27-22-18(26-21)8-7-9-20(22)28/h5-12,21,26-28H,1,13-14H2,2-4H3. The minimum atomic E-state index is -3.56. The zero-order valence-corrected chi connectivity index (χ0v) is 18.8. The van der Waals surface area contributed by atoms with Crippen molar-refractivity contribution in [1.82, 2.24) is 0 Å². The Hall–Kier alpha value is -3.06. The van der Waals surface area contributed by atoms with E-state index in [4.69, 9.17) is 0 Å². The Balaban J connectivity index is 1.96. The van der Waals surface area contributed by atoms with Gasteiger partial charge in [0.2, 0.25) is 0 Å². The molecule has 0 fully saturated rings. The number of allylic oxidation sites excluding steroid dienone is 1. The highest BCUT2D eigenvalue weighted by atomic mass is 32.2. The molecule has 2 aromatic carbocycles. The number of phenols is 1. The summed E-state index contributed by atoms with van der Waals surface area (Å²) in [6.45, 7) is 9.62. The van der Waals surface area contributed by atoms with Crippen LogP contribution in [0.5, 0.6) is 5.75 Å². The Morgan fingerprint density at radius 3 is 2.74 bits per heavy atom. The van der Waals surface area contributed by atoms with Gasteiger partial charge in [-0.2, -0.15) is 0 Å². The van der Waals surface area contributed by atoms with Crippen molar-refractivity contribution in [2.75, 3.05) is 16.4 Å². The van der Waals surface area contributed by atoms with Crippen molar-refractivity contribution in [3.8, 4) is 5.75 Å². The number of aromatic hydroxyl groups is 1. The molecule has 4 rings (SSSR count). The molecule has 0 aliphatic carbocycles. The zero-order valence-electron chi connectivity index (χ0n) is 17.9. The van der Waals surface area contributed by atoms with Crippen LogP contribution in [0.15, 0.2) is 58.6 Å². The van der Waals surface area contributed by atoms with Gasteiger partial charge in [-0.25, -0.2) is 8.42 Å². The van der Waals surface area contributed by atoms with E-state index in [1.807, 2.05) is 45.0 Å². The summed E-state index contributed by atoms with van der Waals surface area (Å²) >= 11 is 0. The van der Waals surface area contributed by atoms with Crippen molar-refractivity contribution in [3.63, 3.8) is 0 Å². The van der Waals surface area contributed by atoms with Crippen molar-refractivity contribution in [2.45, 2.75) is 33.2 Å². The van der Waals surface area contributed by atoms with Crippen molar-refractivity contribution < 1.29 is 13.5 Å². The number of sulfone groups is 1. The van der Waals surface area contributed by atoms with Crippen LogP contribution in [0.4, 0.5) is 17.1 Å². The second kappa shape index (κ2) is 7.57. The third-order valence-electron chi connectivity index (χ3n) is 5.62. The van der Waals surface area contributed by atoms with Gasteiger partial charge < -0.3 is 15.7 Å². The Morgan fingerprint density at radius 2 is 2.03 bits per heavy atom. The molecule has 0 aromatic heterocycles. The lowest BCUT2D eigenvalue weighted by molar-refractivity contribution is 0.400. The number of anilines is 2. The quantitative estimate of drug-likeness (QED) is 0.442. The van der Waals surface area contributed by atoms with E-state index in [1.165, 1.54) is 0 Å². The van der Waals surface area contributed by atoms with E-state index in [9.17, 15) is 13.5 Å². The first-order valence-corrected chi connectivity index (χ1v) is 11.9. The molecule has 1 atom stereocenters. The fraction of sp³-hybridized carbons (Fsp3) is 0.292. The highest BCUT2D eigenvalue weighted by molar-refractivity contribution is 7.95. The molecule has 0 radical (unpaired) electrons. The molecule has 7 heteroatoms. The Bertz CT molecular complexity index is 1230. The van der Waals surface area contributed by atoms with Crippen molar-refractivity contribution in [1.29, 1.82) is 0 Å². The number of fused-ring (bicyclic) bond motifs is 1. The summed E-state index contributed by atoms with van der Waals surface area (Å²) in [4.78, 5) is 4.69. The lowest BCUT2D eigenvalue weighted by atomic mass is 9.88. The SMILES string of the molecule is C=Cc1cc(C2Nc3cccc(O)c3NC3=C2S(=O)(=O)CC(C)(C)C3)ccc1N=CC. The van der Waals surface area contributed by atoms with E-state index in [1.54, 1.807) is 24.4 Å². The molecule has 2 heterocycles. The van der Waals surface area contributed by atoms with Crippen LogP contribution in [-0.2, 0) is 9.84 Å². The smallest absolute Gasteiger partial charge is 0.179 e. The number of rotatable bonds is 3. The largest absolute Gasteiger partial charge is 0.506 e. The van der Waals surface area contributed by atoms with E-state index in [0.717, 1.165) is 16.8 Å². The van der Waals surface area contributed by atoms with Crippen LogP contribution < -0.4 is 10.6 Å².